The molecule has 0 aliphatic carbocycles. The van der Waals surface area contributed by atoms with E-state index in [0.29, 0.717) is 18.4 Å². The molecule has 0 saturated carbocycles. The van der Waals surface area contributed by atoms with Crippen molar-refractivity contribution in [3.05, 3.63) is 22.2 Å². The van der Waals surface area contributed by atoms with E-state index < -0.39 is 0 Å². The van der Waals surface area contributed by atoms with Crippen molar-refractivity contribution in [2.45, 2.75) is 6.42 Å². The van der Waals surface area contributed by atoms with Gasteiger partial charge in [0.2, 0.25) is 0 Å². The number of hydrogen-bond donors (Lipinski definition) is 0. The maximum absolute atomic E-state index is 10.2. The lowest BCUT2D eigenvalue weighted by Crippen LogP contribution is -1.77. The first-order chi connectivity index (χ1) is 5.86. The molecule has 0 aliphatic rings. The fraction of sp³-hybridized carbons (Fsp3) is 0.125. The van der Waals surface area contributed by atoms with Crippen molar-refractivity contribution in [3.63, 3.8) is 0 Å². The van der Waals surface area contributed by atoms with Crippen LogP contribution in [0, 0.1) is 0 Å². The van der Waals surface area contributed by atoms with Crippen LogP contribution in [-0.4, -0.2) is 17.6 Å². The molecule has 0 N–H and O–H groups in total. The molecule has 12 heavy (non-hydrogen) atoms. The van der Waals surface area contributed by atoms with Gasteiger partial charge in [0.15, 0.2) is 6.29 Å². The zero-order chi connectivity index (χ0) is 8.81. The Morgan fingerprint density at radius 2 is 2.33 bits per heavy atom. The summed E-state index contributed by atoms with van der Waals surface area (Å²) >= 11 is 1.38. The lowest BCUT2D eigenvalue weighted by atomic mass is 10.4. The van der Waals surface area contributed by atoms with Crippen molar-refractivity contribution in [1.82, 2.24) is 4.98 Å². The van der Waals surface area contributed by atoms with Gasteiger partial charge in [-0.1, -0.05) is 6.08 Å². The first-order valence-electron chi connectivity index (χ1n) is 3.37. The average Bonchev–Trinajstić information content (AvgIpc) is 2.53. The molecule has 0 atom stereocenters. The molecule has 0 aromatic carbocycles. The molecule has 0 saturated heterocycles. The molecule has 1 aromatic rings. The summed E-state index contributed by atoms with van der Waals surface area (Å²) in [5, 5.41) is 2.42. The topological polar surface area (TPSA) is 47.0 Å². The van der Waals surface area contributed by atoms with E-state index in [2.05, 4.69) is 4.98 Å². The summed E-state index contributed by atoms with van der Waals surface area (Å²) in [6, 6.07) is 0. The minimum absolute atomic E-state index is 0.385. The molecule has 0 radical (unpaired) electrons. The maximum Gasteiger partial charge on any atom is 0.169 e. The predicted molar refractivity (Wildman–Crippen MR) is 47.2 cm³/mol. The summed E-state index contributed by atoms with van der Waals surface area (Å²) in [7, 11) is 0. The van der Waals surface area contributed by atoms with Gasteiger partial charge in [-0.25, -0.2) is 4.98 Å². The Balaban J connectivity index is 2.63. The summed E-state index contributed by atoms with van der Waals surface area (Å²) in [4.78, 5) is 24.1. The lowest BCUT2D eigenvalue weighted by molar-refractivity contribution is -0.107. The highest BCUT2D eigenvalue weighted by Gasteiger charge is 1.95. The van der Waals surface area contributed by atoms with Gasteiger partial charge in [-0.05, 0) is 6.08 Å². The molecule has 3 nitrogen and oxygen atoms in total. The number of rotatable bonds is 4. The average molecular weight is 181 g/mol. The van der Waals surface area contributed by atoms with Crippen LogP contribution in [-0.2, 0) is 4.79 Å². The Bertz CT molecular complexity index is 304. The SMILES string of the molecule is O=CCC=Cc1nc(C=O)cs1. The second kappa shape index (κ2) is 4.56. The van der Waals surface area contributed by atoms with Gasteiger partial charge in [0.1, 0.15) is 17.0 Å². The molecule has 4 heteroatoms. The van der Waals surface area contributed by atoms with Crippen molar-refractivity contribution in [2.24, 2.45) is 0 Å². The predicted octanol–water partition coefficient (Wildman–Crippen LogP) is 1.56. The van der Waals surface area contributed by atoms with Crippen molar-refractivity contribution < 1.29 is 9.59 Å². The monoisotopic (exact) mass is 181 g/mol. The molecule has 0 spiro atoms. The largest absolute Gasteiger partial charge is 0.303 e. The summed E-state index contributed by atoms with van der Waals surface area (Å²) in [6.45, 7) is 0. The first kappa shape index (κ1) is 8.80. The number of carbonyl (C=O) groups excluding carboxylic acids is 2. The second-order valence-electron chi connectivity index (χ2n) is 2.03. The molecule has 1 aromatic heterocycles. The van der Waals surface area contributed by atoms with E-state index in [0.717, 1.165) is 11.3 Å². The number of carbonyl (C=O) groups is 2. The van der Waals surface area contributed by atoms with Gasteiger partial charge < -0.3 is 4.79 Å². The second-order valence-corrected chi connectivity index (χ2v) is 2.92. The first-order valence-corrected chi connectivity index (χ1v) is 4.25. The number of hydrogen-bond acceptors (Lipinski definition) is 4. The van der Waals surface area contributed by atoms with E-state index >= 15 is 0 Å². The lowest BCUT2D eigenvalue weighted by Gasteiger charge is -1.78. The van der Waals surface area contributed by atoms with Gasteiger partial charge in [0.05, 0.1) is 0 Å². The van der Waals surface area contributed by atoms with Crippen LogP contribution in [0.3, 0.4) is 0 Å². The zero-order valence-corrected chi connectivity index (χ0v) is 7.08. The summed E-state index contributed by atoms with van der Waals surface area (Å²) in [6.07, 6.45) is 5.33. The minimum Gasteiger partial charge on any atom is -0.303 e. The van der Waals surface area contributed by atoms with Gasteiger partial charge in [-0.3, -0.25) is 4.79 Å². The minimum atomic E-state index is 0.385. The van der Waals surface area contributed by atoms with Crippen LogP contribution < -0.4 is 0 Å². The molecule has 0 aliphatic heterocycles. The van der Waals surface area contributed by atoms with Crippen molar-refractivity contribution >= 4 is 30.0 Å². The highest BCUT2D eigenvalue weighted by molar-refractivity contribution is 7.10. The third-order valence-corrected chi connectivity index (χ3v) is 1.98. The van der Waals surface area contributed by atoms with Gasteiger partial charge in [-0.2, -0.15) is 0 Å². The fourth-order valence-electron chi connectivity index (χ4n) is 0.656. The van der Waals surface area contributed by atoms with Crippen molar-refractivity contribution in [1.29, 1.82) is 0 Å². The van der Waals surface area contributed by atoms with E-state index in [1.807, 2.05) is 0 Å². The van der Waals surface area contributed by atoms with Crippen LogP contribution in [0.15, 0.2) is 11.5 Å². The van der Waals surface area contributed by atoms with Crippen LogP contribution in [0.1, 0.15) is 21.9 Å². The summed E-state index contributed by atoms with van der Waals surface area (Å²) in [5.41, 5.74) is 0.436. The molecule has 0 unspecified atom stereocenters. The van der Waals surface area contributed by atoms with Gasteiger partial charge >= 0.3 is 0 Å². The zero-order valence-electron chi connectivity index (χ0n) is 6.27. The van der Waals surface area contributed by atoms with Gasteiger partial charge in [-0.15, -0.1) is 11.3 Å². The third-order valence-electron chi connectivity index (χ3n) is 1.15. The van der Waals surface area contributed by atoms with E-state index in [4.69, 9.17) is 0 Å². The number of nitrogens with zero attached hydrogens (tertiary/aromatic N) is 1. The molecular weight excluding hydrogens is 174 g/mol. The van der Waals surface area contributed by atoms with Crippen molar-refractivity contribution in [3.8, 4) is 0 Å². The van der Waals surface area contributed by atoms with Crippen molar-refractivity contribution in [2.75, 3.05) is 0 Å². The molecule has 62 valence electrons. The van der Waals surface area contributed by atoms with Gasteiger partial charge in [0, 0.05) is 11.8 Å². The molecule has 0 bridgehead atoms. The quantitative estimate of drug-likeness (QED) is 0.662. The van der Waals surface area contributed by atoms with E-state index in [1.54, 1.807) is 17.5 Å². The summed E-state index contributed by atoms with van der Waals surface area (Å²) in [5.74, 6) is 0. The molecule has 1 rings (SSSR count). The Kier molecular flexibility index (Phi) is 3.35. The Morgan fingerprint density at radius 1 is 1.50 bits per heavy atom. The van der Waals surface area contributed by atoms with Crippen LogP contribution in [0.2, 0.25) is 0 Å². The number of thiazole rings is 1. The maximum atomic E-state index is 10.2. The third kappa shape index (κ3) is 2.39. The van der Waals surface area contributed by atoms with E-state index in [1.165, 1.54) is 11.3 Å². The highest BCUT2D eigenvalue weighted by Crippen LogP contribution is 2.09. The standard InChI is InChI=1S/C8H7NO2S/c10-4-2-1-3-8-9-7(5-11)6-12-8/h1,3-6H,2H2. The van der Waals surface area contributed by atoms with Gasteiger partial charge in [0.25, 0.3) is 0 Å². The molecule has 1 heterocycles. The molecule has 0 fully saturated rings. The summed E-state index contributed by atoms with van der Waals surface area (Å²) < 4.78 is 0. The molecule has 0 amide bonds. The highest BCUT2D eigenvalue weighted by atomic mass is 32.1. The smallest absolute Gasteiger partial charge is 0.169 e. The number of aromatic nitrogens is 1. The normalized spacial score (nSPS) is 10.3. The van der Waals surface area contributed by atoms with E-state index in [-0.39, 0.29) is 0 Å². The Morgan fingerprint density at radius 3 is 2.92 bits per heavy atom. The van der Waals surface area contributed by atoms with Crippen LogP contribution >= 0.6 is 11.3 Å². The number of aldehydes is 2. The van der Waals surface area contributed by atoms with E-state index in [9.17, 15) is 9.59 Å². The molecular formula is C8H7NO2S. The van der Waals surface area contributed by atoms with Crippen LogP contribution in [0.5, 0.6) is 0 Å². The Hall–Kier alpha value is -1.29. The Labute approximate surface area is 73.7 Å². The number of allylic oxidation sites excluding steroid dienone is 1. The van der Waals surface area contributed by atoms with Crippen LogP contribution in [0.4, 0.5) is 0 Å². The fourth-order valence-corrected chi connectivity index (χ4v) is 1.34. The van der Waals surface area contributed by atoms with Crippen LogP contribution in [0.25, 0.3) is 6.08 Å².